The summed E-state index contributed by atoms with van der Waals surface area (Å²) < 4.78 is 5.31. The molecule has 3 N–H and O–H groups in total. The van der Waals surface area contributed by atoms with Gasteiger partial charge in [-0.3, -0.25) is 9.59 Å². The van der Waals surface area contributed by atoms with Crippen molar-refractivity contribution >= 4 is 22.8 Å². The minimum atomic E-state index is -0.930. The van der Waals surface area contributed by atoms with Gasteiger partial charge < -0.3 is 20.1 Å². The minimum Gasteiger partial charge on any atom is -0.481 e. The number of ether oxygens (including phenoxy) is 1. The summed E-state index contributed by atoms with van der Waals surface area (Å²) in [5, 5.41) is 13.0. The zero-order valence-corrected chi connectivity index (χ0v) is 13.7. The van der Waals surface area contributed by atoms with Crippen molar-refractivity contribution in [3.63, 3.8) is 0 Å². The van der Waals surface area contributed by atoms with Gasteiger partial charge in [0.2, 0.25) is 5.91 Å². The molecule has 0 radical (unpaired) electrons. The summed E-state index contributed by atoms with van der Waals surface area (Å²) in [5.74, 6) is -1.11. The number of amides is 1. The second-order valence-corrected chi connectivity index (χ2v) is 6.39. The van der Waals surface area contributed by atoms with Crippen molar-refractivity contribution in [2.45, 2.75) is 38.1 Å². The van der Waals surface area contributed by atoms with E-state index in [0.29, 0.717) is 13.0 Å². The van der Waals surface area contributed by atoms with Crippen molar-refractivity contribution in [2.75, 3.05) is 13.2 Å². The Balaban J connectivity index is 1.76. The van der Waals surface area contributed by atoms with Crippen molar-refractivity contribution in [3.05, 3.63) is 35.5 Å². The van der Waals surface area contributed by atoms with Gasteiger partial charge in [0.15, 0.2) is 0 Å². The monoisotopic (exact) mass is 330 g/mol. The Morgan fingerprint density at radius 3 is 2.88 bits per heavy atom. The lowest BCUT2D eigenvalue weighted by molar-refractivity contribution is -0.139. The lowest BCUT2D eigenvalue weighted by atomic mass is 9.93. The molecule has 1 aromatic carbocycles. The number of hydrogen-bond donors (Lipinski definition) is 3. The largest absolute Gasteiger partial charge is 0.481 e. The molecule has 0 aliphatic carbocycles. The Bertz CT molecular complexity index is 759. The number of carboxylic acids is 1. The molecule has 2 aromatic rings. The molecule has 3 rings (SSSR count). The minimum absolute atomic E-state index is 0.118. The molecule has 6 heteroatoms. The number of carboxylic acid groups (broad SMARTS) is 1. The molecule has 1 unspecified atom stereocenters. The average molecular weight is 330 g/mol. The first-order chi connectivity index (χ1) is 11.5. The van der Waals surface area contributed by atoms with Crippen LogP contribution >= 0.6 is 0 Å². The highest BCUT2D eigenvalue weighted by Crippen LogP contribution is 2.25. The summed E-state index contributed by atoms with van der Waals surface area (Å²) in [6, 6.07) is 6.06. The van der Waals surface area contributed by atoms with E-state index in [2.05, 4.69) is 23.3 Å². The first-order valence-electron chi connectivity index (χ1n) is 8.21. The maximum absolute atomic E-state index is 12.5. The van der Waals surface area contributed by atoms with Gasteiger partial charge in [0.1, 0.15) is 0 Å². The number of carbonyl (C=O) groups is 2. The summed E-state index contributed by atoms with van der Waals surface area (Å²) in [6.07, 6.45) is 3.40. The maximum atomic E-state index is 12.5. The quantitative estimate of drug-likeness (QED) is 0.756. The van der Waals surface area contributed by atoms with Crippen LogP contribution in [-0.2, 0) is 27.2 Å². The van der Waals surface area contributed by atoms with Crippen molar-refractivity contribution in [1.82, 2.24) is 10.3 Å². The topological polar surface area (TPSA) is 91.4 Å². The number of aromatic amines is 1. The van der Waals surface area contributed by atoms with Crippen molar-refractivity contribution < 1.29 is 19.4 Å². The fourth-order valence-corrected chi connectivity index (χ4v) is 3.41. The van der Waals surface area contributed by atoms with Gasteiger partial charge in [-0.15, -0.1) is 0 Å². The van der Waals surface area contributed by atoms with E-state index < -0.39 is 11.5 Å². The van der Waals surface area contributed by atoms with Crippen LogP contribution in [0.5, 0.6) is 0 Å². The number of aryl methyl sites for hydroxylation is 1. The first kappa shape index (κ1) is 16.5. The third-order valence-electron chi connectivity index (χ3n) is 4.62. The van der Waals surface area contributed by atoms with Crippen LogP contribution in [0.25, 0.3) is 10.9 Å². The molecule has 0 saturated carbocycles. The van der Waals surface area contributed by atoms with Gasteiger partial charge in [0.25, 0.3) is 0 Å². The highest BCUT2D eigenvalue weighted by molar-refractivity contribution is 5.91. The fraction of sp³-hybridized carbons (Fsp3) is 0.444. The van der Waals surface area contributed by atoms with Gasteiger partial charge in [0.05, 0.1) is 25.0 Å². The molecule has 2 heterocycles. The van der Waals surface area contributed by atoms with E-state index >= 15 is 0 Å². The fourth-order valence-electron chi connectivity index (χ4n) is 3.41. The van der Waals surface area contributed by atoms with E-state index in [1.54, 1.807) is 0 Å². The molecule has 1 amide bonds. The predicted octanol–water partition coefficient (Wildman–Crippen LogP) is 2.02. The van der Waals surface area contributed by atoms with Crippen LogP contribution in [0.15, 0.2) is 24.4 Å². The molecule has 0 spiro atoms. The first-order valence-corrected chi connectivity index (χ1v) is 8.21. The highest BCUT2D eigenvalue weighted by Gasteiger charge is 2.38. The van der Waals surface area contributed by atoms with Crippen LogP contribution in [0.4, 0.5) is 0 Å². The predicted molar refractivity (Wildman–Crippen MR) is 89.9 cm³/mol. The Morgan fingerprint density at radius 1 is 1.38 bits per heavy atom. The summed E-state index contributed by atoms with van der Waals surface area (Å²) >= 11 is 0. The van der Waals surface area contributed by atoms with E-state index in [4.69, 9.17) is 9.84 Å². The van der Waals surface area contributed by atoms with Gasteiger partial charge in [-0.05, 0) is 24.0 Å². The van der Waals surface area contributed by atoms with Gasteiger partial charge in [-0.1, -0.05) is 25.1 Å². The number of carbonyl (C=O) groups excluding carboxylic acids is 1. The molecule has 1 aliphatic rings. The number of nitrogens with one attached hydrogen (secondary N) is 2. The van der Waals surface area contributed by atoms with Crippen LogP contribution in [-0.4, -0.2) is 40.7 Å². The zero-order chi connectivity index (χ0) is 17.2. The van der Waals surface area contributed by atoms with E-state index in [0.717, 1.165) is 22.9 Å². The number of aliphatic carboxylic acids is 1. The molecular formula is C18H22N2O4. The third kappa shape index (κ3) is 3.28. The van der Waals surface area contributed by atoms with E-state index in [9.17, 15) is 9.59 Å². The van der Waals surface area contributed by atoms with Crippen LogP contribution < -0.4 is 5.32 Å². The van der Waals surface area contributed by atoms with Gasteiger partial charge in [-0.2, -0.15) is 0 Å². The molecule has 6 nitrogen and oxygen atoms in total. The SMILES string of the molecule is CCc1cccc2c(CC(=O)NC3(CC(=O)O)CCOC3)c[nH]c12. The number of hydrogen-bond acceptors (Lipinski definition) is 3. The number of para-hydroxylation sites is 1. The zero-order valence-electron chi connectivity index (χ0n) is 13.7. The van der Waals surface area contributed by atoms with Crippen LogP contribution in [0.3, 0.4) is 0 Å². The van der Waals surface area contributed by atoms with Crippen molar-refractivity contribution in [3.8, 4) is 0 Å². The Morgan fingerprint density at radius 2 is 2.21 bits per heavy atom. The van der Waals surface area contributed by atoms with Crippen molar-refractivity contribution in [2.24, 2.45) is 0 Å². The second kappa shape index (κ2) is 6.65. The van der Waals surface area contributed by atoms with E-state index in [1.807, 2.05) is 18.3 Å². The molecule has 1 atom stereocenters. The second-order valence-electron chi connectivity index (χ2n) is 6.39. The van der Waals surface area contributed by atoms with Crippen LogP contribution in [0.2, 0.25) is 0 Å². The summed E-state index contributed by atoms with van der Waals surface area (Å²) in [7, 11) is 0. The number of fused-ring (bicyclic) bond motifs is 1. The molecule has 0 bridgehead atoms. The van der Waals surface area contributed by atoms with E-state index in [1.165, 1.54) is 5.56 Å². The molecule has 1 aliphatic heterocycles. The van der Waals surface area contributed by atoms with Gasteiger partial charge in [-0.25, -0.2) is 0 Å². The van der Waals surface area contributed by atoms with Crippen LogP contribution in [0.1, 0.15) is 30.9 Å². The molecule has 1 fully saturated rings. The third-order valence-corrected chi connectivity index (χ3v) is 4.62. The summed E-state index contributed by atoms with van der Waals surface area (Å²) in [6.45, 7) is 2.82. The number of benzene rings is 1. The molecule has 128 valence electrons. The Labute approximate surface area is 140 Å². The normalized spacial score (nSPS) is 20.4. The lowest BCUT2D eigenvalue weighted by Gasteiger charge is -2.27. The van der Waals surface area contributed by atoms with Gasteiger partial charge in [0, 0.05) is 23.7 Å². The maximum Gasteiger partial charge on any atom is 0.305 e. The standard InChI is InChI=1S/C18H22N2O4/c1-2-12-4-3-5-14-13(10-19-17(12)14)8-15(21)20-18(9-16(22)23)6-7-24-11-18/h3-5,10,19H,2,6-9,11H2,1H3,(H,20,21)(H,22,23). The van der Waals surface area contributed by atoms with Gasteiger partial charge >= 0.3 is 5.97 Å². The molecule has 24 heavy (non-hydrogen) atoms. The van der Waals surface area contributed by atoms with E-state index in [-0.39, 0.29) is 25.4 Å². The molecule has 1 aromatic heterocycles. The van der Waals surface area contributed by atoms with Crippen LogP contribution in [0, 0.1) is 0 Å². The highest BCUT2D eigenvalue weighted by atomic mass is 16.5. The molecular weight excluding hydrogens is 308 g/mol. The van der Waals surface area contributed by atoms with Crippen molar-refractivity contribution in [1.29, 1.82) is 0 Å². The number of H-pyrrole nitrogens is 1. The lowest BCUT2D eigenvalue weighted by Crippen LogP contribution is -2.51. The average Bonchev–Trinajstić information content (AvgIpc) is 3.14. The number of rotatable bonds is 6. The molecule has 1 saturated heterocycles. The smallest absolute Gasteiger partial charge is 0.305 e. The Hall–Kier alpha value is -2.34. The summed E-state index contributed by atoms with van der Waals surface area (Å²) in [4.78, 5) is 26.8. The number of aromatic nitrogens is 1. The Kier molecular flexibility index (Phi) is 4.57. The summed E-state index contributed by atoms with van der Waals surface area (Å²) in [5.41, 5.74) is 2.41.